The predicted octanol–water partition coefficient (Wildman–Crippen LogP) is 2.87. The van der Waals surface area contributed by atoms with Crippen LogP contribution in [0.2, 0.25) is 0 Å². The number of benzene rings is 1. The molecule has 1 saturated carbocycles. The van der Waals surface area contributed by atoms with Crippen molar-refractivity contribution in [3.63, 3.8) is 0 Å². The average Bonchev–Trinajstić information content (AvgIpc) is 3.16. The van der Waals surface area contributed by atoms with E-state index in [1.54, 1.807) is 4.90 Å². The van der Waals surface area contributed by atoms with E-state index in [9.17, 15) is 0 Å². The molecule has 1 aliphatic heterocycles. The fraction of sp³-hybridized carbons (Fsp3) is 0.650. The van der Waals surface area contributed by atoms with Crippen LogP contribution in [0.15, 0.2) is 24.3 Å². The molecular weight excluding hydrogens is 314 g/mol. The molecule has 3 rings (SSSR count). The van der Waals surface area contributed by atoms with Gasteiger partial charge < -0.3 is 15.1 Å². The maximum atomic E-state index is 5.68. The van der Waals surface area contributed by atoms with Crippen LogP contribution in [-0.2, 0) is 6.42 Å². The van der Waals surface area contributed by atoms with Crippen molar-refractivity contribution in [3.8, 4) is 0 Å². The lowest BCUT2D eigenvalue weighted by molar-refractivity contribution is -0.931. The molecule has 0 bridgehead atoms. The zero-order valence-corrected chi connectivity index (χ0v) is 16.0. The Labute approximate surface area is 152 Å². The number of anilines is 1. The van der Waals surface area contributed by atoms with Crippen LogP contribution in [0.3, 0.4) is 0 Å². The molecule has 2 fully saturated rings. The van der Waals surface area contributed by atoms with Crippen LogP contribution < -0.4 is 10.2 Å². The number of hydrogen-bond acceptors (Lipinski definition) is 1. The van der Waals surface area contributed by atoms with Crippen LogP contribution >= 0.6 is 12.2 Å². The van der Waals surface area contributed by atoms with Crippen LogP contribution in [0, 0.1) is 0 Å². The van der Waals surface area contributed by atoms with E-state index in [2.05, 4.69) is 48.5 Å². The third kappa shape index (κ3) is 4.09. The van der Waals surface area contributed by atoms with Crippen molar-refractivity contribution in [1.29, 1.82) is 0 Å². The van der Waals surface area contributed by atoms with Gasteiger partial charge in [-0.05, 0) is 56.0 Å². The molecule has 1 unspecified atom stereocenters. The smallest absolute Gasteiger partial charge is 0.173 e. The van der Waals surface area contributed by atoms with Crippen LogP contribution in [0.25, 0.3) is 0 Å². The Bertz CT molecular complexity index is 546. The molecule has 1 heterocycles. The molecule has 1 aliphatic carbocycles. The van der Waals surface area contributed by atoms with Gasteiger partial charge in [0, 0.05) is 31.6 Å². The Hall–Kier alpha value is -1.13. The maximum absolute atomic E-state index is 5.68. The van der Waals surface area contributed by atoms with Gasteiger partial charge in [0.2, 0.25) is 0 Å². The summed E-state index contributed by atoms with van der Waals surface area (Å²) < 4.78 is 0. The number of likely N-dealkylation sites (tertiary alicyclic amines) is 1. The van der Waals surface area contributed by atoms with E-state index >= 15 is 0 Å². The number of nitrogens with one attached hydrogen (secondary N) is 2. The molecule has 0 aromatic heterocycles. The molecule has 3 nitrogen and oxygen atoms in total. The summed E-state index contributed by atoms with van der Waals surface area (Å²) in [5.41, 5.74) is 2.50. The summed E-state index contributed by atoms with van der Waals surface area (Å²) in [7, 11) is 2.42. The molecule has 0 radical (unpaired) electrons. The highest BCUT2D eigenvalue weighted by atomic mass is 32.1. The van der Waals surface area contributed by atoms with Crippen LogP contribution in [-0.4, -0.2) is 42.2 Å². The average molecular weight is 347 g/mol. The van der Waals surface area contributed by atoms with Crippen molar-refractivity contribution in [2.24, 2.45) is 0 Å². The van der Waals surface area contributed by atoms with E-state index in [4.69, 9.17) is 12.2 Å². The van der Waals surface area contributed by atoms with E-state index in [0.29, 0.717) is 0 Å². The Morgan fingerprint density at radius 3 is 2.42 bits per heavy atom. The molecule has 0 amide bonds. The van der Waals surface area contributed by atoms with E-state index in [1.165, 1.54) is 49.8 Å². The first-order valence-corrected chi connectivity index (χ1v) is 10.1. The largest absolute Gasteiger partial charge is 0.349 e. The summed E-state index contributed by atoms with van der Waals surface area (Å²) in [5.74, 6) is 0. The number of quaternary nitrogens is 1. The van der Waals surface area contributed by atoms with Crippen molar-refractivity contribution in [1.82, 2.24) is 4.90 Å². The Kier molecular flexibility index (Phi) is 6.12. The first kappa shape index (κ1) is 17.7. The quantitative estimate of drug-likeness (QED) is 0.818. The van der Waals surface area contributed by atoms with Gasteiger partial charge in [-0.2, -0.15) is 0 Å². The predicted molar refractivity (Wildman–Crippen MR) is 106 cm³/mol. The van der Waals surface area contributed by atoms with Gasteiger partial charge in [-0.1, -0.05) is 25.1 Å². The highest BCUT2D eigenvalue weighted by Crippen LogP contribution is 2.19. The number of thiocarbonyl (C=S) groups is 1. The van der Waals surface area contributed by atoms with Gasteiger partial charge >= 0.3 is 0 Å². The van der Waals surface area contributed by atoms with Gasteiger partial charge in [-0.3, -0.25) is 0 Å². The molecule has 4 heteroatoms. The molecule has 0 spiro atoms. The molecular formula is C20H32N3S+. The highest BCUT2D eigenvalue weighted by Gasteiger charge is 2.32. The molecule has 1 aromatic carbocycles. The highest BCUT2D eigenvalue weighted by molar-refractivity contribution is 7.80. The van der Waals surface area contributed by atoms with Crippen molar-refractivity contribution < 1.29 is 4.90 Å². The van der Waals surface area contributed by atoms with Gasteiger partial charge in [0.15, 0.2) is 5.11 Å². The van der Waals surface area contributed by atoms with Crippen molar-refractivity contribution >= 4 is 23.0 Å². The first-order valence-electron chi connectivity index (χ1n) is 9.66. The zero-order chi connectivity index (χ0) is 16.9. The van der Waals surface area contributed by atoms with Gasteiger partial charge in [0.05, 0.1) is 19.1 Å². The number of hydrogen-bond donors (Lipinski definition) is 2. The summed E-state index contributed by atoms with van der Waals surface area (Å²) in [6, 6.07) is 10.2. The van der Waals surface area contributed by atoms with Gasteiger partial charge in [0.1, 0.15) is 0 Å². The molecule has 2 N–H and O–H groups in total. The van der Waals surface area contributed by atoms with Crippen LogP contribution in [0.4, 0.5) is 5.69 Å². The number of piperidine rings is 1. The van der Waals surface area contributed by atoms with Crippen molar-refractivity contribution in [3.05, 3.63) is 29.8 Å². The van der Waals surface area contributed by atoms with Crippen LogP contribution in [0.5, 0.6) is 0 Å². The van der Waals surface area contributed by atoms with Gasteiger partial charge in [-0.15, -0.1) is 0 Å². The van der Waals surface area contributed by atoms with E-state index in [0.717, 1.165) is 36.7 Å². The lowest BCUT2D eigenvalue weighted by Crippen LogP contribution is -3.16. The molecule has 132 valence electrons. The van der Waals surface area contributed by atoms with Gasteiger partial charge in [0.25, 0.3) is 0 Å². The van der Waals surface area contributed by atoms with Crippen molar-refractivity contribution in [2.75, 3.05) is 25.5 Å². The molecule has 1 saturated heterocycles. The minimum absolute atomic E-state index is 0.815. The topological polar surface area (TPSA) is 19.7 Å². The number of para-hydroxylation sites is 1. The monoisotopic (exact) mass is 346 g/mol. The fourth-order valence-electron chi connectivity index (χ4n) is 4.40. The normalized spacial score (nSPS) is 21.0. The van der Waals surface area contributed by atoms with Gasteiger partial charge in [-0.25, -0.2) is 0 Å². The molecule has 1 aromatic rings. The maximum Gasteiger partial charge on any atom is 0.173 e. The fourth-order valence-corrected chi connectivity index (χ4v) is 4.69. The molecule has 1 atom stereocenters. The Morgan fingerprint density at radius 1 is 1.12 bits per heavy atom. The molecule has 2 aliphatic rings. The lowest BCUT2D eigenvalue weighted by atomic mass is 10.0. The SMILES string of the molecule is CCc1ccccc1NC(=S)N1CCC([NH+](C)C2CCCC2)CC1. The summed E-state index contributed by atoms with van der Waals surface area (Å²) in [6.07, 6.45) is 9.29. The van der Waals surface area contributed by atoms with Crippen LogP contribution in [0.1, 0.15) is 51.0 Å². The first-order chi connectivity index (χ1) is 11.7. The minimum atomic E-state index is 0.815. The third-order valence-corrected chi connectivity index (χ3v) is 6.43. The Morgan fingerprint density at radius 2 is 1.75 bits per heavy atom. The van der Waals surface area contributed by atoms with Crippen molar-refractivity contribution in [2.45, 2.75) is 64.0 Å². The van der Waals surface area contributed by atoms with E-state index in [1.807, 2.05) is 0 Å². The second-order valence-corrected chi connectivity index (χ2v) is 7.81. The lowest BCUT2D eigenvalue weighted by Gasteiger charge is -2.38. The summed E-state index contributed by atoms with van der Waals surface area (Å²) in [6.45, 7) is 4.38. The summed E-state index contributed by atoms with van der Waals surface area (Å²) >= 11 is 5.68. The second-order valence-electron chi connectivity index (χ2n) is 7.43. The number of nitrogens with zero attached hydrogens (tertiary/aromatic N) is 1. The third-order valence-electron chi connectivity index (χ3n) is 6.07. The Balaban J connectivity index is 1.51. The summed E-state index contributed by atoms with van der Waals surface area (Å²) in [4.78, 5) is 4.14. The second kappa shape index (κ2) is 8.30. The number of rotatable bonds is 4. The number of aryl methyl sites for hydroxylation is 1. The summed E-state index contributed by atoms with van der Waals surface area (Å²) in [5, 5.41) is 4.38. The zero-order valence-electron chi connectivity index (χ0n) is 15.2. The molecule has 24 heavy (non-hydrogen) atoms. The van der Waals surface area contributed by atoms with E-state index in [-0.39, 0.29) is 0 Å². The minimum Gasteiger partial charge on any atom is -0.349 e. The van der Waals surface area contributed by atoms with E-state index < -0.39 is 0 Å². The standard InChI is InChI=1S/C20H31N3S/c1-3-16-8-4-7-11-19(16)21-20(24)23-14-12-18(13-15-23)22(2)17-9-5-6-10-17/h4,7-8,11,17-18H,3,5-6,9-10,12-15H2,1-2H3,(H,21,24)/p+1.